The molecule has 9 rings (SSSR count). The highest BCUT2D eigenvalue weighted by atomic mass is 35.5. The Labute approximate surface area is 395 Å². The summed E-state index contributed by atoms with van der Waals surface area (Å²) in [6, 6.07) is 19.5. The van der Waals surface area contributed by atoms with E-state index >= 15 is 0 Å². The normalized spacial score (nSPS) is 23.5. The third kappa shape index (κ3) is 9.38. The van der Waals surface area contributed by atoms with Crippen molar-refractivity contribution in [3.05, 3.63) is 92.7 Å². The molecule has 1 aromatic heterocycles. The summed E-state index contributed by atoms with van der Waals surface area (Å²) in [5, 5.41) is 23.6. The Balaban J connectivity index is 0.672. The number of halogens is 1. The second kappa shape index (κ2) is 18.7. The summed E-state index contributed by atoms with van der Waals surface area (Å²) < 4.78 is 7.45. The van der Waals surface area contributed by atoms with Gasteiger partial charge in [0, 0.05) is 106 Å². The molecule has 5 heterocycles. The second-order valence-electron chi connectivity index (χ2n) is 20.3. The van der Waals surface area contributed by atoms with Crippen molar-refractivity contribution in [1.29, 1.82) is 5.26 Å². The van der Waals surface area contributed by atoms with Crippen LogP contribution in [0.5, 0.6) is 5.75 Å². The molecule has 0 spiro atoms. The molecule has 4 aromatic rings. The first-order chi connectivity index (χ1) is 32.1. The Morgan fingerprint density at radius 2 is 1.60 bits per heavy atom. The molecule has 0 bridgehead atoms. The maximum Gasteiger partial charge on any atom is 0.278 e. The first-order valence-corrected chi connectivity index (χ1v) is 23.9. The van der Waals surface area contributed by atoms with Crippen molar-refractivity contribution in [2.24, 2.45) is 22.7 Å². The van der Waals surface area contributed by atoms with Crippen LogP contribution in [-0.2, 0) is 20.8 Å². The van der Waals surface area contributed by atoms with Crippen LogP contribution in [0.25, 0.3) is 10.9 Å². The van der Waals surface area contributed by atoms with Crippen LogP contribution in [0.2, 0.25) is 5.02 Å². The number of piperazine rings is 1. The number of aromatic nitrogens is 3. The number of carbonyl (C=O) groups is 4. The molecule has 3 aromatic carbocycles. The van der Waals surface area contributed by atoms with E-state index in [0.29, 0.717) is 51.8 Å². The summed E-state index contributed by atoms with van der Waals surface area (Å²) in [5.41, 5.74) is 2.37. The van der Waals surface area contributed by atoms with Crippen molar-refractivity contribution in [2.45, 2.75) is 78.0 Å². The van der Waals surface area contributed by atoms with Gasteiger partial charge in [0.15, 0.2) is 0 Å². The van der Waals surface area contributed by atoms with E-state index in [1.807, 2.05) is 23.1 Å². The van der Waals surface area contributed by atoms with Crippen molar-refractivity contribution >= 4 is 51.8 Å². The lowest BCUT2D eigenvalue weighted by Gasteiger charge is -2.63. The van der Waals surface area contributed by atoms with Gasteiger partial charge in [0.05, 0.1) is 21.9 Å². The lowest BCUT2D eigenvalue weighted by Crippen LogP contribution is -2.74. The van der Waals surface area contributed by atoms with Crippen LogP contribution in [0.1, 0.15) is 80.9 Å². The van der Waals surface area contributed by atoms with Crippen LogP contribution in [0, 0.1) is 34.0 Å². The van der Waals surface area contributed by atoms with Gasteiger partial charge >= 0.3 is 0 Å². The standard InChI is InChI=1S/C50H59ClN10O6/c1-49(2)47(50(3,4)48(49)67-37-11-9-34(27-52)39(51)26-37)54-43(63)33-7-5-31(6-8-33)15-18-57-21-23-58(24-22-57)28-32-16-19-59(20-17-32)45(65)35-29-60(30-35)36-10-12-40-38(25-36)46(66)61(56-55-40)41-13-14-42(62)53-44(41)64/h5-12,25-26,32,35,41,47-48H,13-24,28-30H2,1-4H3,(H,54,63)(H,53,62,64). The predicted molar refractivity (Wildman–Crippen MR) is 253 cm³/mol. The van der Waals surface area contributed by atoms with Gasteiger partial charge < -0.3 is 29.7 Å². The number of imide groups is 1. The second-order valence-corrected chi connectivity index (χ2v) is 20.7. The van der Waals surface area contributed by atoms with Crippen molar-refractivity contribution in [1.82, 2.24) is 40.3 Å². The zero-order valence-corrected chi connectivity index (χ0v) is 39.4. The number of fused-ring (bicyclic) bond motifs is 1. The van der Waals surface area contributed by atoms with E-state index in [4.69, 9.17) is 16.3 Å². The number of hydrogen-bond acceptors (Lipinski definition) is 12. The number of ether oxygens (including phenoxy) is 1. The Morgan fingerprint density at radius 3 is 2.27 bits per heavy atom. The molecule has 1 atom stereocenters. The molecule has 1 unspecified atom stereocenters. The van der Waals surface area contributed by atoms with Gasteiger partial charge in [-0.2, -0.15) is 9.94 Å². The average Bonchev–Trinajstić information content (AvgIpc) is 3.30. The van der Waals surface area contributed by atoms with Gasteiger partial charge in [0.1, 0.15) is 29.5 Å². The van der Waals surface area contributed by atoms with E-state index < -0.39 is 17.5 Å². The van der Waals surface area contributed by atoms with Crippen molar-refractivity contribution in [2.75, 3.05) is 70.3 Å². The minimum Gasteiger partial charge on any atom is -0.489 e. The van der Waals surface area contributed by atoms with Crippen LogP contribution in [0.3, 0.4) is 0 Å². The van der Waals surface area contributed by atoms with Crippen LogP contribution < -0.4 is 25.8 Å². The number of anilines is 1. The lowest BCUT2D eigenvalue weighted by molar-refractivity contribution is -0.164. The van der Waals surface area contributed by atoms with Gasteiger partial charge in [-0.15, -0.1) is 5.10 Å². The number of nitriles is 1. The molecule has 4 amide bonds. The van der Waals surface area contributed by atoms with Gasteiger partial charge in [-0.1, -0.05) is 56.6 Å². The number of likely N-dealkylation sites (tertiary alicyclic amines) is 1. The molecule has 1 saturated carbocycles. The summed E-state index contributed by atoms with van der Waals surface area (Å²) in [7, 11) is 0. The number of piperidine rings is 2. The molecule has 352 valence electrons. The Kier molecular flexibility index (Phi) is 12.9. The minimum atomic E-state index is -0.884. The monoisotopic (exact) mass is 930 g/mol. The molecule has 2 N–H and O–H groups in total. The quantitative estimate of drug-likeness (QED) is 0.191. The SMILES string of the molecule is CC1(C)C(NC(=O)c2ccc(CCN3CCN(CC4CCN(C(=O)C5CN(c6ccc7nnn(C8CCC(=O)NC8=O)c(=O)c7c6)C5)CC4)CC3)cc2)C(C)(C)C1Oc1ccc(C#N)c(Cl)c1. The molecule has 17 heteroatoms. The third-order valence-corrected chi connectivity index (χ3v) is 15.4. The van der Waals surface area contributed by atoms with E-state index in [1.165, 1.54) is 5.56 Å². The Bertz CT molecular complexity index is 2640. The van der Waals surface area contributed by atoms with Crippen LogP contribution in [0.15, 0.2) is 65.5 Å². The fourth-order valence-corrected chi connectivity index (χ4v) is 11.5. The molecule has 4 saturated heterocycles. The first-order valence-electron chi connectivity index (χ1n) is 23.6. The maximum atomic E-state index is 13.5. The molecule has 1 aliphatic carbocycles. The van der Waals surface area contributed by atoms with Crippen molar-refractivity contribution < 1.29 is 23.9 Å². The highest BCUT2D eigenvalue weighted by Crippen LogP contribution is 2.55. The highest BCUT2D eigenvalue weighted by Gasteiger charge is 2.64. The largest absolute Gasteiger partial charge is 0.489 e. The Hall–Kier alpha value is -5.89. The number of rotatable bonds is 12. The fourth-order valence-electron chi connectivity index (χ4n) is 11.3. The zero-order chi connectivity index (χ0) is 47.2. The summed E-state index contributed by atoms with van der Waals surface area (Å²) in [4.78, 5) is 73.6. The number of amides is 4. The number of nitrogens with one attached hydrogen (secondary N) is 2. The average molecular weight is 932 g/mol. The van der Waals surface area contributed by atoms with Gasteiger partial charge in [-0.25, -0.2) is 0 Å². The third-order valence-electron chi connectivity index (χ3n) is 15.0. The summed E-state index contributed by atoms with van der Waals surface area (Å²) in [6.45, 7) is 17.2. The molecule has 67 heavy (non-hydrogen) atoms. The summed E-state index contributed by atoms with van der Waals surface area (Å²) in [6.07, 6.45) is 3.07. The molecule has 4 aliphatic heterocycles. The molecule has 0 radical (unpaired) electrons. The first kappa shape index (κ1) is 46.2. The molecule has 5 aliphatic rings. The fraction of sp³-hybridized carbons (Fsp3) is 0.520. The smallest absolute Gasteiger partial charge is 0.278 e. The van der Waals surface area contributed by atoms with Gasteiger partial charge in [0.2, 0.25) is 11.8 Å². The Morgan fingerprint density at radius 1 is 0.896 bits per heavy atom. The number of hydrogen-bond donors (Lipinski definition) is 2. The van der Waals surface area contributed by atoms with E-state index in [2.05, 4.69) is 81.5 Å². The summed E-state index contributed by atoms with van der Waals surface area (Å²) >= 11 is 6.26. The van der Waals surface area contributed by atoms with E-state index in [-0.39, 0.29) is 59.5 Å². The maximum absolute atomic E-state index is 13.5. The highest BCUT2D eigenvalue weighted by molar-refractivity contribution is 6.31. The molecular weight excluding hydrogens is 872 g/mol. The van der Waals surface area contributed by atoms with Gasteiger partial charge in [-0.05, 0) is 79.6 Å². The molecular formula is C50H59ClN10O6. The predicted octanol–water partition coefficient (Wildman–Crippen LogP) is 4.44. The zero-order valence-electron chi connectivity index (χ0n) is 38.7. The van der Waals surface area contributed by atoms with E-state index in [0.717, 1.165) is 82.0 Å². The van der Waals surface area contributed by atoms with Gasteiger partial charge in [0.25, 0.3) is 17.4 Å². The van der Waals surface area contributed by atoms with E-state index in [9.17, 15) is 29.2 Å². The van der Waals surface area contributed by atoms with Crippen LogP contribution >= 0.6 is 11.6 Å². The number of benzene rings is 3. The topological polar surface area (TPSA) is 186 Å². The van der Waals surface area contributed by atoms with Gasteiger partial charge in [-0.3, -0.25) is 29.3 Å². The molecule has 5 fully saturated rings. The lowest BCUT2D eigenvalue weighted by atomic mass is 9.49. The molecule has 16 nitrogen and oxygen atoms in total. The number of carbonyl (C=O) groups excluding carboxylic acids is 4. The van der Waals surface area contributed by atoms with Crippen molar-refractivity contribution in [3.63, 3.8) is 0 Å². The van der Waals surface area contributed by atoms with Crippen molar-refractivity contribution in [3.8, 4) is 11.8 Å². The van der Waals surface area contributed by atoms with Crippen LogP contribution in [-0.4, -0.2) is 131 Å². The number of nitrogens with zero attached hydrogens (tertiary/aromatic N) is 8. The van der Waals surface area contributed by atoms with E-state index in [1.54, 1.807) is 30.3 Å². The minimum absolute atomic E-state index is 0.0927. The summed E-state index contributed by atoms with van der Waals surface area (Å²) in [5.74, 6) is 0.259. The van der Waals surface area contributed by atoms with Crippen LogP contribution in [0.4, 0.5) is 5.69 Å².